The van der Waals surface area contributed by atoms with E-state index in [4.69, 9.17) is 0 Å². The van der Waals surface area contributed by atoms with Gasteiger partial charge in [0, 0.05) is 11.4 Å². The first-order valence-electron chi connectivity index (χ1n) is 8.71. The fraction of sp³-hybridized carbons (Fsp3) is 0.316. The van der Waals surface area contributed by atoms with Crippen molar-refractivity contribution in [3.05, 3.63) is 53.9 Å². The van der Waals surface area contributed by atoms with E-state index in [1.54, 1.807) is 6.20 Å². The van der Waals surface area contributed by atoms with Gasteiger partial charge in [-0.25, -0.2) is 14.5 Å². The number of aliphatic hydroxyl groups excluding tert-OH is 1. The Morgan fingerprint density at radius 3 is 2.81 bits per heavy atom. The lowest BCUT2D eigenvalue weighted by Gasteiger charge is -2.31. The highest BCUT2D eigenvalue weighted by Crippen LogP contribution is 2.22. The Labute approximate surface area is 151 Å². The van der Waals surface area contributed by atoms with Crippen LogP contribution in [0, 0.1) is 6.92 Å². The molecule has 2 aromatic heterocycles. The average molecular weight is 351 g/mol. The van der Waals surface area contributed by atoms with E-state index in [2.05, 4.69) is 32.8 Å². The van der Waals surface area contributed by atoms with Crippen LogP contribution in [-0.4, -0.2) is 38.0 Å². The van der Waals surface area contributed by atoms with Gasteiger partial charge in [0.1, 0.15) is 0 Å². The molecule has 1 saturated carbocycles. The van der Waals surface area contributed by atoms with Crippen LogP contribution in [0.15, 0.2) is 42.6 Å². The van der Waals surface area contributed by atoms with Crippen molar-refractivity contribution in [3.8, 4) is 0 Å². The van der Waals surface area contributed by atoms with Gasteiger partial charge in [0.05, 0.1) is 30.2 Å². The predicted octanol–water partition coefficient (Wildman–Crippen LogP) is 2.43. The van der Waals surface area contributed by atoms with Crippen LogP contribution in [0.4, 0.5) is 10.5 Å². The second-order valence-corrected chi connectivity index (χ2v) is 6.74. The number of pyridine rings is 1. The molecule has 0 bridgehead atoms. The zero-order valence-electron chi connectivity index (χ0n) is 14.5. The molecule has 0 atom stereocenters. The number of aromatic nitrogens is 3. The van der Waals surface area contributed by atoms with E-state index < -0.39 is 0 Å². The quantitative estimate of drug-likeness (QED) is 0.673. The summed E-state index contributed by atoms with van der Waals surface area (Å²) >= 11 is 0. The molecule has 1 aromatic carbocycles. The molecule has 7 heteroatoms. The first kappa shape index (κ1) is 16.5. The molecule has 1 aliphatic rings. The molecule has 7 nitrogen and oxygen atoms in total. The summed E-state index contributed by atoms with van der Waals surface area (Å²) in [4.78, 5) is 16.5. The molecule has 0 radical (unpaired) electrons. The minimum Gasteiger partial charge on any atom is -0.393 e. The summed E-state index contributed by atoms with van der Waals surface area (Å²) < 4.78 is 1.87. The topological polar surface area (TPSA) is 92.1 Å². The average Bonchev–Trinajstić information content (AvgIpc) is 2.90. The summed E-state index contributed by atoms with van der Waals surface area (Å²) in [6.07, 6.45) is 2.56. The first-order valence-corrected chi connectivity index (χ1v) is 8.71. The molecule has 0 aliphatic heterocycles. The number of anilines is 1. The normalized spacial score (nSPS) is 19.2. The third-order valence-corrected chi connectivity index (χ3v) is 4.65. The van der Waals surface area contributed by atoms with Gasteiger partial charge < -0.3 is 15.7 Å². The smallest absolute Gasteiger partial charge is 0.319 e. The van der Waals surface area contributed by atoms with Gasteiger partial charge >= 0.3 is 6.03 Å². The number of hydrogen-bond donors (Lipinski definition) is 3. The Kier molecular flexibility index (Phi) is 4.30. The lowest BCUT2D eigenvalue weighted by Crippen LogP contribution is -2.48. The van der Waals surface area contributed by atoms with Crippen LogP contribution in [0.5, 0.6) is 0 Å². The van der Waals surface area contributed by atoms with E-state index in [-0.39, 0.29) is 18.2 Å². The lowest BCUT2D eigenvalue weighted by atomic mass is 9.90. The predicted molar refractivity (Wildman–Crippen MR) is 99.0 cm³/mol. The van der Waals surface area contributed by atoms with Crippen LogP contribution in [0.25, 0.3) is 11.0 Å². The number of rotatable bonds is 4. The molecule has 134 valence electrons. The molecule has 26 heavy (non-hydrogen) atoms. The summed E-state index contributed by atoms with van der Waals surface area (Å²) in [7, 11) is 0. The monoisotopic (exact) mass is 351 g/mol. The molecule has 2 amide bonds. The van der Waals surface area contributed by atoms with Crippen molar-refractivity contribution >= 4 is 22.8 Å². The number of aryl methyl sites for hydroxylation is 1. The highest BCUT2D eigenvalue weighted by Gasteiger charge is 2.28. The minimum absolute atomic E-state index is 0.0389. The lowest BCUT2D eigenvalue weighted by molar-refractivity contribution is 0.0671. The number of amides is 2. The summed E-state index contributed by atoms with van der Waals surface area (Å²) in [6, 6.07) is 11.8. The number of fused-ring (bicyclic) bond motifs is 1. The van der Waals surface area contributed by atoms with E-state index in [0.717, 1.165) is 22.3 Å². The van der Waals surface area contributed by atoms with Gasteiger partial charge in [-0.1, -0.05) is 30.3 Å². The maximum Gasteiger partial charge on any atom is 0.319 e. The number of carbonyl (C=O) groups excluding carboxylic acids is 1. The van der Waals surface area contributed by atoms with Crippen molar-refractivity contribution in [1.29, 1.82) is 0 Å². The number of nitrogens with zero attached hydrogens (tertiary/aromatic N) is 3. The van der Waals surface area contributed by atoms with Crippen LogP contribution in [0.3, 0.4) is 0 Å². The van der Waals surface area contributed by atoms with Gasteiger partial charge in [-0.05, 0) is 31.4 Å². The summed E-state index contributed by atoms with van der Waals surface area (Å²) in [6.45, 7) is 2.58. The number of carbonyl (C=O) groups is 1. The van der Waals surface area contributed by atoms with Gasteiger partial charge in [0.15, 0.2) is 5.65 Å². The molecule has 0 unspecified atom stereocenters. The third-order valence-electron chi connectivity index (χ3n) is 4.65. The molecule has 4 rings (SSSR count). The number of aliphatic hydroxyl groups is 1. The fourth-order valence-corrected chi connectivity index (χ4v) is 3.20. The molecular weight excluding hydrogens is 330 g/mol. The molecular formula is C19H21N5O2. The maximum absolute atomic E-state index is 12.0. The zero-order chi connectivity index (χ0) is 18.1. The largest absolute Gasteiger partial charge is 0.393 e. The number of benzene rings is 1. The molecule has 1 aliphatic carbocycles. The van der Waals surface area contributed by atoms with Crippen molar-refractivity contribution in [2.75, 3.05) is 5.32 Å². The van der Waals surface area contributed by atoms with E-state index in [1.165, 1.54) is 0 Å². The van der Waals surface area contributed by atoms with Crippen LogP contribution in [0.1, 0.15) is 24.1 Å². The second-order valence-electron chi connectivity index (χ2n) is 6.74. The Hall–Kier alpha value is -2.93. The van der Waals surface area contributed by atoms with Crippen molar-refractivity contribution in [2.24, 2.45) is 0 Å². The van der Waals surface area contributed by atoms with E-state index in [9.17, 15) is 9.90 Å². The van der Waals surface area contributed by atoms with Crippen molar-refractivity contribution in [1.82, 2.24) is 20.1 Å². The van der Waals surface area contributed by atoms with Crippen molar-refractivity contribution < 1.29 is 9.90 Å². The first-order chi connectivity index (χ1) is 12.6. The number of nitrogens with one attached hydrogen (secondary N) is 2. The van der Waals surface area contributed by atoms with Crippen molar-refractivity contribution in [2.45, 2.75) is 38.5 Å². The zero-order valence-corrected chi connectivity index (χ0v) is 14.5. The third kappa shape index (κ3) is 3.39. The molecule has 1 fully saturated rings. The summed E-state index contributed by atoms with van der Waals surface area (Å²) in [5.41, 5.74) is 3.44. The summed E-state index contributed by atoms with van der Waals surface area (Å²) in [5.74, 6) is 0. The molecule has 3 N–H and O–H groups in total. The Morgan fingerprint density at radius 1 is 1.31 bits per heavy atom. The van der Waals surface area contributed by atoms with E-state index in [1.807, 2.05) is 35.9 Å². The molecule has 3 aromatic rings. The highest BCUT2D eigenvalue weighted by molar-refractivity contribution is 5.92. The Morgan fingerprint density at radius 2 is 2.08 bits per heavy atom. The van der Waals surface area contributed by atoms with Gasteiger partial charge in [-0.2, -0.15) is 5.10 Å². The highest BCUT2D eigenvalue weighted by atomic mass is 16.3. The number of hydrogen-bond acceptors (Lipinski definition) is 4. The van der Waals surface area contributed by atoms with Crippen LogP contribution >= 0.6 is 0 Å². The van der Waals surface area contributed by atoms with Crippen LogP contribution in [0.2, 0.25) is 0 Å². The second kappa shape index (κ2) is 6.76. The Balaban J connectivity index is 1.50. The molecule has 0 saturated heterocycles. The van der Waals surface area contributed by atoms with Gasteiger partial charge in [0.2, 0.25) is 0 Å². The van der Waals surface area contributed by atoms with Crippen LogP contribution in [-0.2, 0) is 6.54 Å². The van der Waals surface area contributed by atoms with E-state index in [0.29, 0.717) is 25.1 Å². The van der Waals surface area contributed by atoms with Gasteiger partial charge in [-0.15, -0.1) is 0 Å². The van der Waals surface area contributed by atoms with E-state index >= 15 is 0 Å². The van der Waals surface area contributed by atoms with Crippen LogP contribution < -0.4 is 10.6 Å². The Bertz CT molecular complexity index is 932. The minimum atomic E-state index is -0.295. The van der Waals surface area contributed by atoms with Gasteiger partial charge in [0.25, 0.3) is 0 Å². The fourth-order valence-electron chi connectivity index (χ4n) is 3.20. The standard InChI is InChI=1S/C19H21N5O2/c1-12-17-9-15(22-19(26)21-14-7-16(25)8-14)10-20-18(17)24(23-12)11-13-5-3-2-4-6-13/h2-6,9-10,14,16,25H,7-8,11H2,1H3,(H2,21,22,26). The maximum atomic E-state index is 12.0. The molecule has 0 spiro atoms. The number of urea groups is 1. The van der Waals surface area contributed by atoms with Crippen molar-refractivity contribution in [3.63, 3.8) is 0 Å². The molecule has 2 heterocycles. The van der Waals surface area contributed by atoms with Gasteiger partial charge in [-0.3, -0.25) is 0 Å². The summed E-state index contributed by atoms with van der Waals surface area (Å²) in [5, 5.41) is 20.4. The SMILES string of the molecule is Cc1nn(Cc2ccccc2)c2ncc(NC(=O)NC3CC(O)C3)cc12.